The maximum Gasteiger partial charge on any atom is 0.338 e. The average Bonchev–Trinajstić information content (AvgIpc) is 3.19. The van der Waals surface area contributed by atoms with E-state index in [2.05, 4.69) is 15.0 Å². The van der Waals surface area contributed by atoms with Gasteiger partial charge in [0.2, 0.25) is 0 Å². The fourth-order valence-electron chi connectivity index (χ4n) is 2.22. The van der Waals surface area contributed by atoms with Crippen molar-refractivity contribution in [1.82, 2.24) is 14.7 Å². The Morgan fingerprint density at radius 2 is 2.12 bits per heavy atom. The number of nitro groups is 1. The monoisotopic (exact) mass is 360 g/mol. The van der Waals surface area contributed by atoms with E-state index in [0.717, 1.165) is 24.2 Å². The van der Waals surface area contributed by atoms with Gasteiger partial charge in [-0.05, 0) is 6.07 Å². The number of fused-ring (bicyclic) bond motifs is 1. The van der Waals surface area contributed by atoms with Gasteiger partial charge in [-0.3, -0.25) is 19.3 Å². The number of thiazole rings is 1. The summed E-state index contributed by atoms with van der Waals surface area (Å²) in [6.45, 7) is 0.156. The summed E-state index contributed by atoms with van der Waals surface area (Å²) >= 11 is 1.46. The van der Waals surface area contributed by atoms with Crippen LogP contribution in [-0.2, 0) is 11.3 Å². The van der Waals surface area contributed by atoms with Gasteiger partial charge in [0.15, 0.2) is 4.96 Å². The van der Waals surface area contributed by atoms with E-state index in [9.17, 15) is 19.7 Å². The number of imidazole rings is 1. The van der Waals surface area contributed by atoms with Gasteiger partial charge in [-0.25, -0.2) is 9.78 Å². The zero-order chi connectivity index (χ0) is 18.0. The van der Waals surface area contributed by atoms with Crippen molar-refractivity contribution in [3.05, 3.63) is 62.9 Å². The van der Waals surface area contributed by atoms with Crippen LogP contribution in [0.5, 0.6) is 0 Å². The SMILES string of the molecule is COC(=O)c1cc(C(=O)NCc2cn3ccsc3n2)cc([N+](=O)[O-])c1. The molecule has 1 amide bonds. The lowest BCUT2D eigenvalue weighted by molar-refractivity contribution is -0.384. The number of nitro benzene ring substituents is 1. The molecule has 3 aromatic rings. The Labute approximate surface area is 145 Å². The van der Waals surface area contributed by atoms with Crippen molar-refractivity contribution < 1.29 is 19.2 Å². The molecule has 10 heteroatoms. The molecule has 128 valence electrons. The summed E-state index contributed by atoms with van der Waals surface area (Å²) in [6, 6.07) is 3.42. The molecule has 0 radical (unpaired) electrons. The van der Waals surface area contributed by atoms with E-state index in [-0.39, 0.29) is 23.4 Å². The van der Waals surface area contributed by atoms with Crippen molar-refractivity contribution in [2.45, 2.75) is 6.54 Å². The molecule has 0 bridgehead atoms. The highest BCUT2D eigenvalue weighted by atomic mass is 32.1. The number of ether oxygens (including phenoxy) is 1. The number of nitrogens with one attached hydrogen (secondary N) is 1. The fourth-order valence-corrected chi connectivity index (χ4v) is 2.94. The molecule has 0 aliphatic rings. The van der Waals surface area contributed by atoms with Crippen LogP contribution in [0, 0.1) is 10.1 Å². The second kappa shape index (κ2) is 6.69. The summed E-state index contributed by atoms with van der Waals surface area (Å²) < 4.78 is 6.38. The number of nitrogens with zero attached hydrogens (tertiary/aromatic N) is 3. The summed E-state index contributed by atoms with van der Waals surface area (Å²) in [6.07, 6.45) is 3.63. The number of non-ortho nitro benzene ring substituents is 1. The van der Waals surface area contributed by atoms with Crippen LogP contribution in [0.3, 0.4) is 0 Å². The summed E-state index contributed by atoms with van der Waals surface area (Å²) in [5.74, 6) is -1.31. The third-order valence-corrected chi connectivity index (χ3v) is 4.16. The topological polar surface area (TPSA) is 116 Å². The molecule has 9 nitrogen and oxygen atoms in total. The molecule has 0 fully saturated rings. The first kappa shape index (κ1) is 16.6. The van der Waals surface area contributed by atoms with E-state index in [1.807, 2.05) is 16.0 Å². The van der Waals surface area contributed by atoms with Gasteiger partial charge in [-0.2, -0.15) is 0 Å². The largest absolute Gasteiger partial charge is 0.465 e. The number of benzene rings is 1. The molecule has 0 spiro atoms. The maximum absolute atomic E-state index is 12.3. The van der Waals surface area contributed by atoms with E-state index in [4.69, 9.17) is 0 Å². The zero-order valence-corrected chi connectivity index (χ0v) is 13.8. The zero-order valence-electron chi connectivity index (χ0n) is 13.0. The predicted octanol–water partition coefficient (Wildman–Crippen LogP) is 2.02. The lowest BCUT2D eigenvalue weighted by Crippen LogP contribution is -2.23. The van der Waals surface area contributed by atoms with Crippen LogP contribution in [0.1, 0.15) is 26.4 Å². The molecule has 0 saturated carbocycles. The van der Waals surface area contributed by atoms with Crippen LogP contribution in [-0.4, -0.2) is 33.3 Å². The second-order valence-corrected chi connectivity index (χ2v) is 5.90. The van der Waals surface area contributed by atoms with Crippen molar-refractivity contribution >= 4 is 33.9 Å². The van der Waals surface area contributed by atoms with E-state index in [0.29, 0.717) is 5.69 Å². The van der Waals surface area contributed by atoms with Gasteiger partial charge in [-0.15, -0.1) is 11.3 Å². The van der Waals surface area contributed by atoms with Crippen LogP contribution >= 0.6 is 11.3 Å². The first-order chi connectivity index (χ1) is 12.0. The molecule has 2 aromatic heterocycles. The van der Waals surface area contributed by atoms with E-state index in [1.165, 1.54) is 17.4 Å². The normalized spacial score (nSPS) is 10.6. The standard InChI is InChI=1S/C15H12N4O5S/c1-24-14(21)10-4-9(5-12(6-10)19(22)23)13(20)16-7-11-8-18-2-3-25-15(18)17-11/h2-6,8H,7H2,1H3,(H,16,20). The number of hydrogen-bond acceptors (Lipinski definition) is 7. The molecule has 3 rings (SSSR count). The number of carbonyl (C=O) groups is 2. The number of rotatable bonds is 5. The van der Waals surface area contributed by atoms with Crippen molar-refractivity contribution in [2.75, 3.05) is 7.11 Å². The highest BCUT2D eigenvalue weighted by Crippen LogP contribution is 2.18. The molecule has 1 aromatic carbocycles. The molecule has 0 aliphatic heterocycles. The Balaban J connectivity index is 1.80. The maximum atomic E-state index is 12.3. The van der Waals surface area contributed by atoms with Gasteiger partial charge in [0.1, 0.15) is 0 Å². The van der Waals surface area contributed by atoms with Crippen molar-refractivity contribution in [3.63, 3.8) is 0 Å². The second-order valence-electron chi connectivity index (χ2n) is 5.03. The molecule has 0 unspecified atom stereocenters. The van der Waals surface area contributed by atoms with Crippen LogP contribution < -0.4 is 5.32 Å². The number of esters is 1. The Morgan fingerprint density at radius 3 is 2.80 bits per heavy atom. The van der Waals surface area contributed by atoms with Crippen molar-refractivity contribution in [2.24, 2.45) is 0 Å². The summed E-state index contributed by atoms with van der Waals surface area (Å²) in [4.78, 5) is 39.4. The van der Waals surface area contributed by atoms with Crippen molar-refractivity contribution in [3.8, 4) is 0 Å². The van der Waals surface area contributed by atoms with E-state index in [1.54, 1.807) is 6.20 Å². The quantitative estimate of drug-likeness (QED) is 0.423. The lowest BCUT2D eigenvalue weighted by Gasteiger charge is -2.06. The summed E-state index contributed by atoms with van der Waals surface area (Å²) in [7, 11) is 1.16. The molecular weight excluding hydrogens is 348 g/mol. The van der Waals surface area contributed by atoms with Gasteiger partial charge < -0.3 is 10.1 Å². The highest BCUT2D eigenvalue weighted by Gasteiger charge is 2.18. The van der Waals surface area contributed by atoms with Gasteiger partial charge >= 0.3 is 5.97 Å². The first-order valence-corrected chi connectivity index (χ1v) is 7.93. The van der Waals surface area contributed by atoms with Gasteiger partial charge in [-0.1, -0.05) is 0 Å². The third-order valence-electron chi connectivity index (χ3n) is 3.39. The van der Waals surface area contributed by atoms with Gasteiger partial charge in [0.25, 0.3) is 11.6 Å². The van der Waals surface area contributed by atoms with Crippen LogP contribution in [0.15, 0.2) is 36.0 Å². The molecule has 2 heterocycles. The molecule has 0 saturated heterocycles. The Bertz CT molecular complexity index is 949. The van der Waals surface area contributed by atoms with Gasteiger partial charge in [0.05, 0.1) is 29.8 Å². The van der Waals surface area contributed by atoms with Crippen LogP contribution in [0.4, 0.5) is 5.69 Å². The Morgan fingerprint density at radius 1 is 1.36 bits per heavy atom. The fraction of sp³-hybridized carbons (Fsp3) is 0.133. The molecule has 1 N–H and O–H groups in total. The van der Waals surface area contributed by atoms with Crippen molar-refractivity contribution in [1.29, 1.82) is 0 Å². The molecule has 0 atom stereocenters. The summed E-state index contributed by atoms with van der Waals surface area (Å²) in [5.41, 5.74) is 0.217. The lowest BCUT2D eigenvalue weighted by atomic mass is 10.1. The molecule has 0 aliphatic carbocycles. The van der Waals surface area contributed by atoms with Gasteiger partial charge in [0, 0.05) is 35.5 Å². The predicted molar refractivity (Wildman–Crippen MR) is 88.7 cm³/mol. The van der Waals surface area contributed by atoms with Crippen LogP contribution in [0.25, 0.3) is 4.96 Å². The number of amides is 1. The average molecular weight is 360 g/mol. The van der Waals surface area contributed by atoms with E-state index >= 15 is 0 Å². The smallest absolute Gasteiger partial charge is 0.338 e. The summed E-state index contributed by atoms with van der Waals surface area (Å²) in [5, 5.41) is 15.5. The number of methoxy groups -OCH3 is 1. The Kier molecular flexibility index (Phi) is 4.44. The first-order valence-electron chi connectivity index (χ1n) is 7.05. The third kappa shape index (κ3) is 3.48. The minimum Gasteiger partial charge on any atom is -0.465 e. The van der Waals surface area contributed by atoms with Crippen LogP contribution in [0.2, 0.25) is 0 Å². The Hall–Kier alpha value is -3.27. The highest BCUT2D eigenvalue weighted by molar-refractivity contribution is 7.15. The van der Waals surface area contributed by atoms with E-state index < -0.39 is 16.8 Å². The number of hydrogen-bond donors (Lipinski definition) is 1. The molecule has 25 heavy (non-hydrogen) atoms. The minimum atomic E-state index is -0.757. The number of carbonyl (C=O) groups excluding carboxylic acids is 2. The number of aromatic nitrogens is 2. The molecular formula is C15H12N4O5S. The minimum absolute atomic E-state index is 0.00405.